The minimum atomic E-state index is 0.153. The Morgan fingerprint density at radius 3 is 1.75 bits per heavy atom. The molecule has 0 unspecified atom stereocenters. The van der Waals surface area contributed by atoms with Gasteiger partial charge in [-0.2, -0.15) is 0 Å². The van der Waals surface area contributed by atoms with Crippen LogP contribution in [0.25, 0.3) is 0 Å². The molecule has 3 aliphatic rings. The Morgan fingerprint density at radius 1 is 0.639 bits per heavy atom. The van der Waals surface area contributed by atoms with Crippen molar-refractivity contribution in [2.24, 2.45) is 0 Å². The Labute approximate surface area is 242 Å². The summed E-state index contributed by atoms with van der Waals surface area (Å²) in [5, 5.41) is 3.30. The molecule has 8 heteroatoms. The van der Waals surface area contributed by atoms with Gasteiger partial charge in [0.2, 0.25) is 0 Å². The van der Waals surface area contributed by atoms with E-state index >= 15 is 0 Å². The first-order valence-corrected chi connectivity index (χ1v) is 15.2. The Balaban J connectivity index is 0.000000174. The third kappa shape index (κ3) is 7.88. The average Bonchev–Trinajstić information content (AvgIpc) is 3.27. The molecule has 2 amide bonds. The zero-order chi connectivity index (χ0) is 25.3. The van der Waals surface area contributed by atoms with Crippen LogP contribution in [0, 0.1) is 7.14 Å². The van der Waals surface area contributed by atoms with Crippen LogP contribution in [0.3, 0.4) is 0 Å². The first-order chi connectivity index (χ1) is 17.5. The van der Waals surface area contributed by atoms with E-state index in [4.69, 9.17) is 0 Å². The first-order valence-electron chi connectivity index (χ1n) is 13.1. The predicted molar refractivity (Wildman–Crippen MR) is 161 cm³/mol. The van der Waals surface area contributed by atoms with E-state index in [0.717, 1.165) is 85.9 Å². The van der Waals surface area contributed by atoms with Crippen molar-refractivity contribution >= 4 is 57.0 Å². The number of amides is 2. The molecule has 2 aromatic carbocycles. The molecule has 2 heterocycles. The highest BCUT2D eigenvalue weighted by molar-refractivity contribution is 14.1. The fourth-order valence-electron chi connectivity index (χ4n) is 4.86. The topological polar surface area (TPSA) is 55.9 Å². The highest BCUT2D eigenvalue weighted by Crippen LogP contribution is 2.25. The highest BCUT2D eigenvalue weighted by atomic mass is 127. The van der Waals surface area contributed by atoms with Gasteiger partial charge in [-0.25, -0.2) is 0 Å². The largest absolute Gasteiger partial charge is 0.337 e. The molecule has 0 radical (unpaired) electrons. The molecule has 6 nitrogen and oxygen atoms in total. The number of carbonyl (C=O) groups is 2. The zero-order valence-corrected chi connectivity index (χ0v) is 25.1. The van der Waals surface area contributed by atoms with Gasteiger partial charge in [0.1, 0.15) is 0 Å². The summed E-state index contributed by atoms with van der Waals surface area (Å²) in [5.41, 5.74) is 1.62. The predicted octanol–water partition coefficient (Wildman–Crippen LogP) is 4.72. The van der Waals surface area contributed by atoms with Crippen molar-refractivity contribution in [2.45, 2.75) is 38.1 Å². The molecule has 1 saturated carbocycles. The smallest absolute Gasteiger partial charge is 0.253 e. The number of halogens is 2. The van der Waals surface area contributed by atoms with E-state index in [0.29, 0.717) is 0 Å². The lowest BCUT2D eigenvalue weighted by Crippen LogP contribution is -2.42. The fraction of sp³-hybridized carbons (Fsp3) is 0.500. The Hall–Kier alpha value is -1.24. The van der Waals surface area contributed by atoms with E-state index in [-0.39, 0.29) is 11.8 Å². The number of nitrogens with one attached hydrogen (secondary N) is 1. The Kier molecular flexibility index (Phi) is 10.9. The van der Waals surface area contributed by atoms with Crippen LogP contribution in [-0.2, 0) is 0 Å². The van der Waals surface area contributed by atoms with Gasteiger partial charge >= 0.3 is 0 Å². The zero-order valence-electron chi connectivity index (χ0n) is 20.8. The molecule has 0 spiro atoms. The van der Waals surface area contributed by atoms with Gasteiger partial charge in [0.05, 0.1) is 0 Å². The Bertz CT molecular complexity index is 988. The van der Waals surface area contributed by atoms with Gasteiger partial charge in [-0.15, -0.1) is 0 Å². The second-order valence-electron chi connectivity index (χ2n) is 9.68. The maximum absolute atomic E-state index is 12.5. The third-order valence-electron chi connectivity index (χ3n) is 7.22. The molecule has 0 aromatic heterocycles. The first kappa shape index (κ1) is 27.8. The van der Waals surface area contributed by atoms with Crippen LogP contribution in [-0.4, -0.2) is 84.9 Å². The van der Waals surface area contributed by atoms with Crippen LogP contribution in [0.1, 0.15) is 52.8 Å². The van der Waals surface area contributed by atoms with Crippen LogP contribution in [0.4, 0.5) is 0 Å². The number of hydrogen-bond donors (Lipinski definition) is 1. The van der Waals surface area contributed by atoms with Gasteiger partial charge in [0, 0.05) is 70.1 Å². The van der Waals surface area contributed by atoms with E-state index in [1.54, 1.807) is 0 Å². The van der Waals surface area contributed by atoms with Crippen molar-refractivity contribution in [3.05, 3.63) is 66.8 Å². The summed E-state index contributed by atoms with van der Waals surface area (Å²) in [7, 11) is 0. The number of hydrogen-bond acceptors (Lipinski definition) is 4. The normalized spacial score (nSPS) is 19.4. The van der Waals surface area contributed by atoms with Crippen molar-refractivity contribution in [1.82, 2.24) is 20.0 Å². The van der Waals surface area contributed by atoms with Gasteiger partial charge in [0.15, 0.2) is 0 Å². The molecule has 0 atom stereocenters. The molecule has 3 fully saturated rings. The van der Waals surface area contributed by atoms with Crippen LogP contribution >= 0.6 is 45.2 Å². The molecular formula is C28H36I2N4O2. The third-order valence-corrected chi connectivity index (χ3v) is 8.66. The summed E-state index contributed by atoms with van der Waals surface area (Å²) in [6, 6.07) is 16.5. The molecule has 5 rings (SSSR count). The summed E-state index contributed by atoms with van der Waals surface area (Å²) >= 11 is 4.52. The van der Waals surface area contributed by atoms with Gasteiger partial charge in [-0.3, -0.25) is 14.5 Å². The molecule has 1 N–H and O–H groups in total. The molecule has 36 heavy (non-hydrogen) atoms. The molecule has 2 aromatic rings. The number of carbonyl (C=O) groups excluding carboxylic acids is 2. The Morgan fingerprint density at radius 2 is 1.19 bits per heavy atom. The standard InChI is InChI=1S/C16H21IN2O.C12H15IN2O/c17-14-7-5-13(6-8-14)16(20)19-10-2-9-18(11-12-19)15-3-1-4-15;13-11-4-2-10(3-5-11)12(16)15-8-1-6-14-7-9-15/h5-8,15H,1-4,9-12H2;2-5,14H,1,6-9H2. The van der Waals surface area contributed by atoms with E-state index in [1.165, 1.54) is 22.8 Å². The van der Waals surface area contributed by atoms with Gasteiger partial charge in [0.25, 0.3) is 11.8 Å². The summed E-state index contributed by atoms with van der Waals surface area (Å²) in [6.07, 6.45) is 6.23. The molecule has 1 aliphatic carbocycles. The molecule has 194 valence electrons. The van der Waals surface area contributed by atoms with Gasteiger partial charge in [-0.1, -0.05) is 6.42 Å². The van der Waals surface area contributed by atoms with E-state index < -0.39 is 0 Å². The lowest BCUT2D eigenvalue weighted by Gasteiger charge is -2.36. The fourth-order valence-corrected chi connectivity index (χ4v) is 5.58. The minimum Gasteiger partial charge on any atom is -0.337 e. The van der Waals surface area contributed by atoms with Crippen molar-refractivity contribution in [3.63, 3.8) is 0 Å². The monoisotopic (exact) mass is 714 g/mol. The lowest BCUT2D eigenvalue weighted by atomic mass is 9.91. The van der Waals surface area contributed by atoms with E-state index in [1.807, 2.05) is 58.3 Å². The second kappa shape index (κ2) is 14.1. The van der Waals surface area contributed by atoms with Crippen LogP contribution < -0.4 is 5.32 Å². The summed E-state index contributed by atoms with van der Waals surface area (Å²) in [6.45, 7) is 7.55. The van der Waals surface area contributed by atoms with E-state index in [9.17, 15) is 9.59 Å². The van der Waals surface area contributed by atoms with Gasteiger partial charge in [-0.05, 0) is 126 Å². The van der Waals surface area contributed by atoms with Crippen LogP contribution in [0.2, 0.25) is 0 Å². The number of nitrogens with zero attached hydrogens (tertiary/aromatic N) is 3. The summed E-state index contributed by atoms with van der Waals surface area (Å²) < 4.78 is 2.33. The van der Waals surface area contributed by atoms with Crippen molar-refractivity contribution in [3.8, 4) is 0 Å². The minimum absolute atomic E-state index is 0.153. The molecule has 2 saturated heterocycles. The molecule has 2 aliphatic heterocycles. The maximum atomic E-state index is 12.5. The quantitative estimate of drug-likeness (QED) is 0.469. The molecular weight excluding hydrogens is 678 g/mol. The van der Waals surface area contributed by atoms with Gasteiger partial charge < -0.3 is 15.1 Å². The summed E-state index contributed by atoms with van der Waals surface area (Å²) in [4.78, 5) is 31.2. The molecule has 0 bridgehead atoms. The van der Waals surface area contributed by atoms with Crippen molar-refractivity contribution < 1.29 is 9.59 Å². The maximum Gasteiger partial charge on any atom is 0.253 e. The van der Waals surface area contributed by atoms with Crippen molar-refractivity contribution in [1.29, 1.82) is 0 Å². The highest BCUT2D eigenvalue weighted by Gasteiger charge is 2.28. The van der Waals surface area contributed by atoms with Crippen LogP contribution in [0.5, 0.6) is 0 Å². The number of benzene rings is 2. The SMILES string of the molecule is O=C(c1ccc(I)cc1)N1CCCN(C2CCC2)CC1.O=C(c1ccc(I)cc1)N1CCCNCC1. The average molecular weight is 714 g/mol. The van der Waals surface area contributed by atoms with E-state index in [2.05, 4.69) is 55.4 Å². The van der Waals surface area contributed by atoms with Crippen LogP contribution in [0.15, 0.2) is 48.5 Å². The summed E-state index contributed by atoms with van der Waals surface area (Å²) in [5.74, 6) is 0.344. The number of rotatable bonds is 3. The van der Waals surface area contributed by atoms with Crippen molar-refractivity contribution in [2.75, 3.05) is 52.4 Å². The second-order valence-corrected chi connectivity index (χ2v) is 12.2. The lowest BCUT2D eigenvalue weighted by molar-refractivity contribution is 0.0747.